The first kappa shape index (κ1) is 17.0. The molecule has 0 N–H and O–H groups in total. The highest BCUT2D eigenvalue weighted by atomic mass is 19.1. The summed E-state index contributed by atoms with van der Waals surface area (Å²) >= 11 is 0. The van der Waals surface area contributed by atoms with Crippen molar-refractivity contribution in [3.05, 3.63) is 35.6 Å². The van der Waals surface area contributed by atoms with E-state index in [0.29, 0.717) is 5.56 Å². The van der Waals surface area contributed by atoms with Crippen LogP contribution in [0.2, 0.25) is 0 Å². The Labute approximate surface area is 135 Å². The van der Waals surface area contributed by atoms with E-state index in [9.17, 15) is 14.0 Å². The van der Waals surface area contributed by atoms with Gasteiger partial charge in [-0.25, -0.2) is 4.39 Å². The molecule has 1 heterocycles. The van der Waals surface area contributed by atoms with E-state index in [2.05, 4.69) is 11.8 Å². The Morgan fingerprint density at radius 1 is 1.09 bits per heavy atom. The maximum Gasteiger partial charge on any atom is 0.324 e. The lowest BCUT2D eigenvalue weighted by atomic mass is 9.83. The van der Waals surface area contributed by atoms with Crippen LogP contribution in [0.4, 0.5) is 4.39 Å². The number of hydrogen-bond donors (Lipinski definition) is 0. The molecule has 4 nitrogen and oxygen atoms in total. The van der Waals surface area contributed by atoms with Crippen molar-refractivity contribution in [1.29, 1.82) is 0 Å². The second kappa shape index (κ2) is 6.41. The van der Waals surface area contributed by atoms with Crippen molar-refractivity contribution in [3.63, 3.8) is 0 Å². The second-order valence-corrected chi connectivity index (χ2v) is 6.27. The summed E-state index contributed by atoms with van der Waals surface area (Å²) in [5, 5.41) is 0. The van der Waals surface area contributed by atoms with Crippen molar-refractivity contribution < 1.29 is 23.5 Å². The fourth-order valence-electron chi connectivity index (χ4n) is 2.36. The molecule has 1 aliphatic heterocycles. The minimum absolute atomic E-state index is 0.0609. The molecule has 2 rings (SSSR count). The smallest absolute Gasteiger partial charge is 0.324 e. The van der Waals surface area contributed by atoms with E-state index in [1.165, 1.54) is 26.0 Å². The highest BCUT2D eigenvalue weighted by molar-refractivity contribution is 5.97. The molecular formula is C18H19FO4. The number of carbonyl (C=O) groups is 2. The molecule has 1 atom stereocenters. The Morgan fingerprint density at radius 3 is 2.09 bits per heavy atom. The van der Waals surface area contributed by atoms with Crippen LogP contribution in [0.15, 0.2) is 24.3 Å². The first-order valence-corrected chi connectivity index (χ1v) is 7.42. The van der Waals surface area contributed by atoms with Crippen molar-refractivity contribution in [2.24, 2.45) is 17.8 Å². The van der Waals surface area contributed by atoms with Crippen LogP contribution in [0.5, 0.6) is 0 Å². The Morgan fingerprint density at radius 2 is 1.61 bits per heavy atom. The van der Waals surface area contributed by atoms with Crippen LogP contribution < -0.4 is 0 Å². The van der Waals surface area contributed by atoms with Crippen LogP contribution in [-0.2, 0) is 19.1 Å². The first-order chi connectivity index (χ1) is 10.7. The normalized spacial score (nSPS) is 18.7. The number of ether oxygens (including phenoxy) is 2. The summed E-state index contributed by atoms with van der Waals surface area (Å²) in [4.78, 5) is 24.4. The van der Waals surface area contributed by atoms with Gasteiger partial charge in [0.2, 0.25) is 0 Å². The third-order valence-corrected chi connectivity index (χ3v) is 3.51. The van der Waals surface area contributed by atoms with E-state index in [4.69, 9.17) is 9.47 Å². The van der Waals surface area contributed by atoms with Crippen molar-refractivity contribution in [2.75, 3.05) is 0 Å². The number of esters is 2. The molecule has 5 heteroatoms. The Balaban J connectivity index is 2.27. The second-order valence-electron chi connectivity index (χ2n) is 6.27. The van der Waals surface area contributed by atoms with Gasteiger partial charge in [0, 0.05) is 25.3 Å². The van der Waals surface area contributed by atoms with Gasteiger partial charge < -0.3 is 9.47 Å². The van der Waals surface area contributed by atoms with Gasteiger partial charge in [0.1, 0.15) is 5.82 Å². The van der Waals surface area contributed by atoms with Gasteiger partial charge in [0.05, 0.1) is 0 Å². The fraction of sp³-hybridized carbons (Fsp3) is 0.444. The van der Waals surface area contributed by atoms with Crippen molar-refractivity contribution in [3.8, 4) is 11.8 Å². The van der Waals surface area contributed by atoms with Crippen molar-refractivity contribution in [1.82, 2.24) is 0 Å². The summed E-state index contributed by atoms with van der Waals surface area (Å²) < 4.78 is 23.2. The van der Waals surface area contributed by atoms with Gasteiger partial charge in [-0.05, 0) is 30.2 Å². The fourth-order valence-corrected chi connectivity index (χ4v) is 2.36. The molecule has 122 valence electrons. The molecule has 1 aliphatic rings. The monoisotopic (exact) mass is 318 g/mol. The molecule has 0 amide bonds. The van der Waals surface area contributed by atoms with Gasteiger partial charge in [0.15, 0.2) is 5.92 Å². The van der Waals surface area contributed by atoms with Gasteiger partial charge in [-0.3, -0.25) is 9.59 Å². The predicted molar refractivity (Wildman–Crippen MR) is 81.4 cm³/mol. The van der Waals surface area contributed by atoms with Gasteiger partial charge in [-0.15, -0.1) is 0 Å². The number of cyclic esters (lactones) is 2. The zero-order valence-electron chi connectivity index (χ0n) is 13.6. The molecule has 0 saturated carbocycles. The van der Waals surface area contributed by atoms with E-state index < -0.39 is 29.6 Å². The lowest BCUT2D eigenvalue weighted by Crippen LogP contribution is -2.49. The van der Waals surface area contributed by atoms with Crippen molar-refractivity contribution in [2.45, 2.75) is 33.5 Å². The summed E-state index contributed by atoms with van der Waals surface area (Å²) in [6, 6.07) is 5.70. The number of carbonyl (C=O) groups excluding carboxylic acids is 2. The van der Waals surface area contributed by atoms with Crippen LogP contribution in [0.25, 0.3) is 0 Å². The summed E-state index contributed by atoms with van der Waals surface area (Å²) in [6.45, 7) is 6.75. The Bertz CT molecular complexity index is 645. The minimum atomic E-state index is -1.25. The third kappa shape index (κ3) is 4.10. The molecule has 0 aromatic heterocycles. The van der Waals surface area contributed by atoms with Crippen molar-refractivity contribution >= 4 is 11.9 Å². The number of rotatable bonds is 2. The molecule has 1 unspecified atom stereocenters. The molecule has 1 fully saturated rings. The van der Waals surface area contributed by atoms with E-state index in [0.717, 1.165) is 0 Å². The average molecular weight is 318 g/mol. The van der Waals surface area contributed by atoms with E-state index in [1.54, 1.807) is 12.1 Å². The van der Waals surface area contributed by atoms with Crippen LogP contribution in [0.3, 0.4) is 0 Å². The van der Waals surface area contributed by atoms with Crippen LogP contribution in [0.1, 0.15) is 33.3 Å². The maximum absolute atomic E-state index is 12.9. The summed E-state index contributed by atoms with van der Waals surface area (Å²) in [7, 11) is 0. The molecule has 0 bridgehead atoms. The maximum atomic E-state index is 12.9. The van der Waals surface area contributed by atoms with Gasteiger partial charge in [-0.2, -0.15) is 0 Å². The number of hydrogen-bond acceptors (Lipinski definition) is 4. The standard InChI is InChI=1S/C18H19FO4/c1-11(2)14(10-7-12-5-8-13(19)9-6-12)15-16(20)22-18(3,4)23-17(15)21/h5-6,8-9,11,14-15H,1-4H3. The molecule has 1 aromatic rings. The molecular weight excluding hydrogens is 299 g/mol. The summed E-state index contributed by atoms with van der Waals surface area (Å²) in [6.07, 6.45) is 0. The zero-order valence-corrected chi connectivity index (χ0v) is 13.6. The molecule has 0 spiro atoms. The lowest BCUT2D eigenvalue weighted by molar-refractivity contribution is -0.242. The van der Waals surface area contributed by atoms with Crippen LogP contribution in [-0.4, -0.2) is 17.7 Å². The molecule has 0 aliphatic carbocycles. The molecule has 1 saturated heterocycles. The summed E-state index contributed by atoms with van der Waals surface area (Å²) in [5.74, 6) is 1.28. The third-order valence-electron chi connectivity index (χ3n) is 3.51. The highest BCUT2D eigenvalue weighted by Crippen LogP contribution is 2.31. The van der Waals surface area contributed by atoms with E-state index in [-0.39, 0.29) is 11.7 Å². The quantitative estimate of drug-likeness (QED) is 0.478. The van der Waals surface area contributed by atoms with Gasteiger partial charge in [-0.1, -0.05) is 25.7 Å². The first-order valence-electron chi connectivity index (χ1n) is 7.42. The molecule has 23 heavy (non-hydrogen) atoms. The molecule has 1 aromatic carbocycles. The topological polar surface area (TPSA) is 52.6 Å². The predicted octanol–water partition coefficient (Wildman–Crippen LogP) is 2.90. The van der Waals surface area contributed by atoms with Crippen LogP contribution in [0, 0.1) is 35.4 Å². The van der Waals surface area contributed by atoms with E-state index in [1.807, 2.05) is 13.8 Å². The minimum Gasteiger partial charge on any atom is -0.422 e. The number of benzene rings is 1. The number of halogens is 1. The van der Waals surface area contributed by atoms with Gasteiger partial charge in [0.25, 0.3) is 5.79 Å². The van der Waals surface area contributed by atoms with Crippen LogP contribution >= 0.6 is 0 Å². The Hall–Kier alpha value is -2.35. The SMILES string of the molecule is CC(C)C(C#Cc1ccc(F)cc1)C1C(=O)OC(C)(C)OC1=O. The average Bonchev–Trinajstić information content (AvgIpc) is 2.42. The molecule has 0 radical (unpaired) electrons. The lowest BCUT2D eigenvalue weighted by Gasteiger charge is -2.35. The van der Waals surface area contributed by atoms with E-state index >= 15 is 0 Å². The summed E-state index contributed by atoms with van der Waals surface area (Å²) in [5.41, 5.74) is 0.606. The largest absolute Gasteiger partial charge is 0.422 e. The zero-order chi connectivity index (χ0) is 17.2. The highest BCUT2D eigenvalue weighted by Gasteiger charge is 2.47. The van der Waals surface area contributed by atoms with Gasteiger partial charge >= 0.3 is 11.9 Å². The Kier molecular flexibility index (Phi) is 4.74.